The van der Waals surface area contributed by atoms with Crippen LogP contribution in [-0.2, 0) is 0 Å². The molecular formula is C11H8N4O. The maximum absolute atomic E-state index is 5.66. The van der Waals surface area contributed by atoms with Crippen LogP contribution in [0.1, 0.15) is 0 Å². The van der Waals surface area contributed by atoms with E-state index in [1.165, 1.54) is 0 Å². The number of benzene rings is 1. The monoisotopic (exact) mass is 212 g/mol. The van der Waals surface area contributed by atoms with Crippen LogP contribution in [0.5, 0.6) is 0 Å². The zero-order valence-corrected chi connectivity index (χ0v) is 8.29. The number of fused-ring (bicyclic) bond motifs is 1. The smallest absolute Gasteiger partial charge is 0.229 e. The lowest BCUT2D eigenvalue weighted by atomic mass is 10.1. The lowest BCUT2D eigenvalue weighted by molar-refractivity contribution is 0.436. The van der Waals surface area contributed by atoms with Crippen LogP contribution in [-0.4, -0.2) is 15.4 Å². The molecule has 78 valence electrons. The van der Waals surface area contributed by atoms with Gasteiger partial charge in [-0.2, -0.15) is 10.2 Å². The SMILES string of the molecule is Nc1oncc1-c1ccc2cnncc2c1. The van der Waals surface area contributed by atoms with Gasteiger partial charge in [0.1, 0.15) is 0 Å². The van der Waals surface area contributed by atoms with E-state index in [0.29, 0.717) is 5.88 Å². The van der Waals surface area contributed by atoms with Crippen LogP contribution in [0.3, 0.4) is 0 Å². The molecule has 0 bridgehead atoms. The third kappa shape index (κ3) is 1.30. The number of nitrogen functional groups attached to an aromatic ring is 1. The van der Waals surface area contributed by atoms with Gasteiger partial charge >= 0.3 is 0 Å². The molecule has 0 spiro atoms. The van der Waals surface area contributed by atoms with Gasteiger partial charge in [-0.15, -0.1) is 0 Å². The molecule has 2 heterocycles. The van der Waals surface area contributed by atoms with Gasteiger partial charge in [0.25, 0.3) is 0 Å². The number of aromatic nitrogens is 3. The lowest BCUT2D eigenvalue weighted by Gasteiger charge is -2.00. The van der Waals surface area contributed by atoms with Crippen molar-refractivity contribution in [3.8, 4) is 11.1 Å². The maximum Gasteiger partial charge on any atom is 0.229 e. The van der Waals surface area contributed by atoms with Crippen molar-refractivity contribution >= 4 is 16.7 Å². The molecule has 5 heteroatoms. The Kier molecular flexibility index (Phi) is 1.83. The Balaban J connectivity index is 2.23. The first-order valence-electron chi connectivity index (χ1n) is 4.75. The van der Waals surface area contributed by atoms with Crippen molar-refractivity contribution in [1.82, 2.24) is 15.4 Å². The largest absolute Gasteiger partial charge is 0.367 e. The predicted octanol–water partition coefficient (Wildman–Crippen LogP) is 1.87. The highest BCUT2D eigenvalue weighted by molar-refractivity contribution is 5.87. The van der Waals surface area contributed by atoms with Crippen LogP contribution >= 0.6 is 0 Å². The molecule has 5 nitrogen and oxygen atoms in total. The summed E-state index contributed by atoms with van der Waals surface area (Å²) in [5.41, 5.74) is 7.41. The van der Waals surface area contributed by atoms with Gasteiger partial charge in [0.05, 0.1) is 24.2 Å². The van der Waals surface area contributed by atoms with Gasteiger partial charge in [-0.3, -0.25) is 0 Å². The fourth-order valence-corrected chi connectivity index (χ4v) is 1.63. The van der Waals surface area contributed by atoms with Gasteiger partial charge in [0, 0.05) is 10.8 Å². The average Bonchev–Trinajstić information content (AvgIpc) is 2.75. The minimum absolute atomic E-state index is 0.321. The molecular weight excluding hydrogens is 204 g/mol. The van der Waals surface area contributed by atoms with E-state index < -0.39 is 0 Å². The molecule has 0 atom stereocenters. The van der Waals surface area contributed by atoms with Crippen molar-refractivity contribution in [2.75, 3.05) is 5.73 Å². The summed E-state index contributed by atoms with van der Waals surface area (Å²) in [7, 11) is 0. The highest BCUT2D eigenvalue weighted by Gasteiger charge is 2.07. The Morgan fingerprint density at radius 3 is 2.56 bits per heavy atom. The van der Waals surface area contributed by atoms with Crippen LogP contribution in [0.2, 0.25) is 0 Å². The third-order valence-corrected chi connectivity index (χ3v) is 2.46. The standard InChI is InChI=1S/C11H8N4O/c12-11-10(6-15-16-11)7-1-2-8-4-13-14-5-9(8)3-7/h1-6H,12H2. The fourth-order valence-electron chi connectivity index (χ4n) is 1.63. The number of nitrogens with two attached hydrogens (primary N) is 1. The summed E-state index contributed by atoms with van der Waals surface area (Å²) < 4.78 is 4.83. The van der Waals surface area contributed by atoms with Crippen LogP contribution < -0.4 is 5.73 Å². The van der Waals surface area contributed by atoms with E-state index in [2.05, 4.69) is 15.4 Å². The van der Waals surface area contributed by atoms with Gasteiger partial charge in [-0.1, -0.05) is 17.3 Å². The molecule has 1 aromatic carbocycles. The summed E-state index contributed by atoms with van der Waals surface area (Å²) >= 11 is 0. The Labute approximate surface area is 90.9 Å². The predicted molar refractivity (Wildman–Crippen MR) is 59.4 cm³/mol. The molecule has 3 rings (SSSR count). The second-order valence-electron chi connectivity index (χ2n) is 3.44. The molecule has 0 aliphatic carbocycles. The molecule has 2 aromatic heterocycles. The van der Waals surface area contributed by atoms with Gasteiger partial charge in [-0.25, -0.2) is 0 Å². The summed E-state index contributed by atoms with van der Waals surface area (Å²) in [4.78, 5) is 0. The van der Waals surface area contributed by atoms with E-state index >= 15 is 0 Å². The summed E-state index contributed by atoms with van der Waals surface area (Å²) in [6.45, 7) is 0. The molecule has 0 fully saturated rings. The Hall–Kier alpha value is -2.43. The fraction of sp³-hybridized carbons (Fsp3) is 0. The van der Waals surface area contributed by atoms with Gasteiger partial charge in [0.15, 0.2) is 0 Å². The van der Waals surface area contributed by atoms with Crippen molar-refractivity contribution in [3.05, 3.63) is 36.8 Å². The first-order valence-corrected chi connectivity index (χ1v) is 4.75. The van der Waals surface area contributed by atoms with Crippen LogP contribution in [0, 0.1) is 0 Å². The normalized spacial score (nSPS) is 10.8. The molecule has 0 aliphatic rings. The first-order chi connectivity index (χ1) is 7.84. The van der Waals surface area contributed by atoms with E-state index in [-0.39, 0.29) is 0 Å². The zero-order chi connectivity index (χ0) is 11.0. The molecule has 0 saturated heterocycles. The Bertz CT molecular complexity index is 647. The van der Waals surface area contributed by atoms with Crippen LogP contribution in [0.25, 0.3) is 21.9 Å². The number of nitrogens with zero attached hydrogens (tertiary/aromatic N) is 3. The van der Waals surface area contributed by atoms with Crippen molar-refractivity contribution in [1.29, 1.82) is 0 Å². The number of rotatable bonds is 1. The lowest BCUT2D eigenvalue weighted by Crippen LogP contribution is -1.86. The maximum atomic E-state index is 5.66. The zero-order valence-electron chi connectivity index (χ0n) is 8.29. The van der Waals surface area contributed by atoms with E-state index in [1.807, 2.05) is 18.2 Å². The molecule has 2 N–H and O–H groups in total. The second-order valence-corrected chi connectivity index (χ2v) is 3.44. The summed E-state index contributed by atoms with van der Waals surface area (Å²) in [6, 6.07) is 5.89. The molecule has 0 unspecified atom stereocenters. The van der Waals surface area contributed by atoms with E-state index in [4.69, 9.17) is 10.3 Å². The summed E-state index contributed by atoms with van der Waals surface area (Å²) in [5.74, 6) is 0.321. The summed E-state index contributed by atoms with van der Waals surface area (Å²) in [6.07, 6.45) is 5.03. The van der Waals surface area contributed by atoms with Crippen molar-refractivity contribution in [2.24, 2.45) is 0 Å². The number of anilines is 1. The summed E-state index contributed by atoms with van der Waals surface area (Å²) in [5, 5.41) is 13.3. The second kappa shape index (κ2) is 3.30. The van der Waals surface area contributed by atoms with Crippen LogP contribution in [0.4, 0.5) is 5.88 Å². The van der Waals surface area contributed by atoms with Gasteiger partial charge in [0.2, 0.25) is 5.88 Å². The molecule has 16 heavy (non-hydrogen) atoms. The van der Waals surface area contributed by atoms with E-state index in [1.54, 1.807) is 18.6 Å². The van der Waals surface area contributed by atoms with Crippen molar-refractivity contribution in [2.45, 2.75) is 0 Å². The average molecular weight is 212 g/mol. The highest BCUT2D eigenvalue weighted by atomic mass is 16.5. The molecule has 0 aliphatic heterocycles. The van der Waals surface area contributed by atoms with Crippen molar-refractivity contribution < 1.29 is 4.52 Å². The quantitative estimate of drug-likeness (QED) is 0.666. The Morgan fingerprint density at radius 1 is 1.00 bits per heavy atom. The van der Waals surface area contributed by atoms with E-state index in [0.717, 1.165) is 21.9 Å². The van der Waals surface area contributed by atoms with Crippen molar-refractivity contribution in [3.63, 3.8) is 0 Å². The highest BCUT2D eigenvalue weighted by Crippen LogP contribution is 2.27. The minimum atomic E-state index is 0.321. The van der Waals surface area contributed by atoms with Gasteiger partial charge < -0.3 is 10.3 Å². The van der Waals surface area contributed by atoms with E-state index in [9.17, 15) is 0 Å². The first kappa shape index (κ1) is 8.84. The third-order valence-electron chi connectivity index (χ3n) is 2.46. The minimum Gasteiger partial charge on any atom is -0.367 e. The van der Waals surface area contributed by atoms with Gasteiger partial charge in [-0.05, 0) is 11.6 Å². The van der Waals surface area contributed by atoms with Crippen LogP contribution in [0.15, 0.2) is 41.3 Å². The molecule has 0 amide bonds. The molecule has 3 aromatic rings. The Morgan fingerprint density at radius 2 is 1.81 bits per heavy atom. The number of hydrogen-bond donors (Lipinski definition) is 1. The number of hydrogen-bond acceptors (Lipinski definition) is 5. The topological polar surface area (TPSA) is 77.8 Å². The molecule has 0 radical (unpaired) electrons. The molecule has 0 saturated carbocycles.